The van der Waals surface area contributed by atoms with Gasteiger partial charge in [-0.05, 0) is 73.1 Å². The van der Waals surface area contributed by atoms with Crippen molar-refractivity contribution in [1.29, 1.82) is 0 Å². The lowest BCUT2D eigenvalue weighted by molar-refractivity contribution is 0.455. The fourth-order valence-electron chi connectivity index (χ4n) is 6.09. The molecular formula is C30H29Br. The van der Waals surface area contributed by atoms with Crippen LogP contribution in [0.2, 0.25) is 0 Å². The highest BCUT2D eigenvalue weighted by Crippen LogP contribution is 2.53. The molecule has 0 nitrogen and oxygen atoms in total. The van der Waals surface area contributed by atoms with E-state index in [0.717, 1.165) is 0 Å². The molecule has 3 aromatic carbocycles. The summed E-state index contributed by atoms with van der Waals surface area (Å²) in [7, 11) is 0. The van der Waals surface area contributed by atoms with E-state index in [1.807, 2.05) is 0 Å². The lowest BCUT2D eigenvalue weighted by atomic mass is 9.73. The molecule has 0 spiro atoms. The minimum Gasteiger partial charge on any atom is -0.0649 e. The Morgan fingerprint density at radius 3 is 1.90 bits per heavy atom. The van der Waals surface area contributed by atoms with E-state index < -0.39 is 0 Å². The first-order chi connectivity index (χ1) is 14.8. The molecule has 0 saturated heterocycles. The number of allylic oxidation sites excluding steroid dienone is 2. The third-order valence-electron chi connectivity index (χ3n) is 7.21. The van der Waals surface area contributed by atoms with E-state index >= 15 is 0 Å². The van der Waals surface area contributed by atoms with E-state index in [1.54, 1.807) is 0 Å². The zero-order valence-corrected chi connectivity index (χ0v) is 20.5. The first kappa shape index (κ1) is 20.5. The Kier molecular flexibility index (Phi) is 5.06. The molecule has 156 valence electrons. The third-order valence-corrected chi connectivity index (χ3v) is 7.90. The predicted molar refractivity (Wildman–Crippen MR) is 137 cm³/mol. The van der Waals surface area contributed by atoms with Gasteiger partial charge in [0.05, 0.1) is 0 Å². The van der Waals surface area contributed by atoms with E-state index in [9.17, 15) is 0 Å². The van der Waals surface area contributed by atoms with Crippen molar-refractivity contribution in [2.75, 3.05) is 0 Å². The molecule has 5 rings (SSSR count). The van der Waals surface area contributed by atoms with E-state index in [-0.39, 0.29) is 0 Å². The van der Waals surface area contributed by atoms with Crippen molar-refractivity contribution in [2.45, 2.75) is 46.5 Å². The maximum Gasteiger partial charge on any atom is 0.0250 e. The lowest BCUT2D eigenvalue weighted by Crippen LogP contribution is -2.18. The second kappa shape index (κ2) is 7.64. The first-order valence-electron chi connectivity index (χ1n) is 11.2. The van der Waals surface area contributed by atoms with Gasteiger partial charge in [-0.2, -0.15) is 0 Å². The molecule has 0 amide bonds. The van der Waals surface area contributed by atoms with Gasteiger partial charge in [0.2, 0.25) is 0 Å². The summed E-state index contributed by atoms with van der Waals surface area (Å²) in [6.07, 6.45) is 4.82. The fraction of sp³-hybridized carbons (Fsp3) is 0.267. The van der Waals surface area contributed by atoms with Gasteiger partial charge in [-0.1, -0.05) is 106 Å². The molecular weight excluding hydrogens is 440 g/mol. The van der Waals surface area contributed by atoms with Crippen LogP contribution >= 0.6 is 15.9 Å². The molecule has 2 aliphatic rings. The van der Waals surface area contributed by atoms with Crippen molar-refractivity contribution in [3.05, 3.63) is 104 Å². The molecule has 3 unspecified atom stereocenters. The van der Waals surface area contributed by atoms with Crippen molar-refractivity contribution in [3.8, 4) is 11.1 Å². The van der Waals surface area contributed by atoms with Crippen LogP contribution < -0.4 is 0 Å². The van der Waals surface area contributed by atoms with Crippen molar-refractivity contribution in [1.82, 2.24) is 0 Å². The zero-order valence-electron chi connectivity index (χ0n) is 19.0. The highest BCUT2D eigenvalue weighted by molar-refractivity contribution is 9.10. The summed E-state index contributed by atoms with van der Waals surface area (Å²) < 4.78 is 1.20. The topological polar surface area (TPSA) is 0 Å². The maximum atomic E-state index is 3.76. The van der Waals surface area contributed by atoms with E-state index in [4.69, 9.17) is 0 Å². The SMILES string of the molecule is CC1=Cc2c(Br)cccc2C1C(C)C1C(C)=Cc2c(-c3cc(C)cc(C)c3)cccc21. The van der Waals surface area contributed by atoms with Gasteiger partial charge >= 0.3 is 0 Å². The van der Waals surface area contributed by atoms with Crippen LogP contribution in [-0.4, -0.2) is 0 Å². The lowest BCUT2D eigenvalue weighted by Gasteiger charge is -2.30. The molecule has 0 fully saturated rings. The second-order valence-corrected chi connectivity index (χ2v) is 10.4. The Hall–Kier alpha value is -2.38. The number of hydrogen-bond donors (Lipinski definition) is 0. The molecule has 0 aromatic heterocycles. The number of fused-ring (bicyclic) bond motifs is 2. The number of halogens is 1. The predicted octanol–water partition coefficient (Wildman–Crippen LogP) is 9.07. The Balaban J connectivity index is 1.59. The van der Waals surface area contributed by atoms with Crippen LogP contribution in [0.4, 0.5) is 0 Å². The molecule has 0 N–H and O–H groups in total. The highest BCUT2D eigenvalue weighted by atomic mass is 79.9. The molecule has 2 aliphatic carbocycles. The van der Waals surface area contributed by atoms with Gasteiger partial charge in [0, 0.05) is 16.3 Å². The molecule has 0 heterocycles. The number of hydrogen-bond acceptors (Lipinski definition) is 0. The molecule has 0 aliphatic heterocycles. The molecule has 1 heteroatoms. The summed E-state index contributed by atoms with van der Waals surface area (Å²) >= 11 is 3.76. The molecule has 0 saturated carbocycles. The van der Waals surface area contributed by atoms with Crippen LogP contribution in [0.3, 0.4) is 0 Å². The fourth-order valence-corrected chi connectivity index (χ4v) is 6.58. The minimum atomic E-state index is 0.444. The van der Waals surface area contributed by atoms with Crippen LogP contribution in [0.1, 0.15) is 66.0 Å². The van der Waals surface area contributed by atoms with Crippen LogP contribution in [0.5, 0.6) is 0 Å². The maximum absolute atomic E-state index is 3.76. The van der Waals surface area contributed by atoms with Crippen molar-refractivity contribution >= 4 is 28.1 Å². The Bertz CT molecular complexity index is 1240. The summed E-state index contributed by atoms with van der Waals surface area (Å²) in [5.74, 6) is 1.40. The Morgan fingerprint density at radius 1 is 0.710 bits per heavy atom. The minimum absolute atomic E-state index is 0.444. The van der Waals surface area contributed by atoms with Crippen molar-refractivity contribution in [3.63, 3.8) is 0 Å². The van der Waals surface area contributed by atoms with Gasteiger partial charge in [-0.3, -0.25) is 0 Å². The van der Waals surface area contributed by atoms with E-state index in [2.05, 4.69) is 117 Å². The molecule has 3 aromatic rings. The average molecular weight is 469 g/mol. The summed E-state index contributed by atoms with van der Waals surface area (Å²) in [5.41, 5.74) is 14.0. The van der Waals surface area contributed by atoms with Crippen LogP contribution in [0, 0.1) is 19.8 Å². The second-order valence-electron chi connectivity index (χ2n) is 9.52. The number of rotatable bonds is 3. The largest absolute Gasteiger partial charge is 0.0649 e. The van der Waals surface area contributed by atoms with Gasteiger partial charge in [0.25, 0.3) is 0 Å². The van der Waals surface area contributed by atoms with Gasteiger partial charge in [-0.15, -0.1) is 0 Å². The monoisotopic (exact) mass is 468 g/mol. The van der Waals surface area contributed by atoms with Crippen molar-refractivity contribution in [2.24, 2.45) is 5.92 Å². The third kappa shape index (κ3) is 3.34. The Labute approximate surface area is 194 Å². The summed E-state index contributed by atoms with van der Waals surface area (Å²) in [6, 6.07) is 20.4. The number of benzene rings is 3. The van der Waals surface area contributed by atoms with Crippen LogP contribution in [0.25, 0.3) is 23.3 Å². The number of aryl methyl sites for hydroxylation is 2. The molecule has 0 bridgehead atoms. The van der Waals surface area contributed by atoms with Gasteiger partial charge in [-0.25, -0.2) is 0 Å². The van der Waals surface area contributed by atoms with Crippen molar-refractivity contribution < 1.29 is 0 Å². The standard InChI is InChI=1S/C30H29Br/c1-17-12-18(2)14-22(13-17)23-8-6-9-24-26(23)15-19(3)29(24)21(5)30-20(4)16-27-25(30)10-7-11-28(27)31/h6-16,21,29-30H,1-5H3. The molecule has 31 heavy (non-hydrogen) atoms. The summed E-state index contributed by atoms with van der Waals surface area (Å²) in [6.45, 7) is 11.4. The zero-order chi connectivity index (χ0) is 21.9. The quantitative estimate of drug-likeness (QED) is 0.359. The first-order valence-corrected chi connectivity index (χ1v) is 12.0. The smallest absolute Gasteiger partial charge is 0.0250 e. The van der Waals surface area contributed by atoms with E-state index in [1.165, 1.54) is 60.1 Å². The van der Waals surface area contributed by atoms with Gasteiger partial charge < -0.3 is 0 Å². The normalized spacial score (nSPS) is 20.2. The van der Waals surface area contributed by atoms with E-state index in [0.29, 0.717) is 17.8 Å². The summed E-state index contributed by atoms with van der Waals surface area (Å²) in [4.78, 5) is 0. The van der Waals surface area contributed by atoms with Crippen LogP contribution in [0.15, 0.2) is 70.2 Å². The Morgan fingerprint density at radius 2 is 1.26 bits per heavy atom. The van der Waals surface area contributed by atoms with Gasteiger partial charge in [0.1, 0.15) is 0 Å². The molecule has 3 atom stereocenters. The average Bonchev–Trinajstić information content (AvgIpc) is 3.23. The van der Waals surface area contributed by atoms with Crippen LogP contribution in [-0.2, 0) is 0 Å². The molecule has 0 radical (unpaired) electrons. The summed E-state index contributed by atoms with van der Waals surface area (Å²) in [5, 5.41) is 0. The van der Waals surface area contributed by atoms with Gasteiger partial charge in [0.15, 0.2) is 0 Å². The highest BCUT2D eigenvalue weighted by Gasteiger charge is 2.37.